The molecule has 3 N–H and O–H groups in total. The maximum Gasteiger partial charge on any atom is 0 e. The molecule has 4 nitrogen and oxygen atoms in total. The molecule has 0 atom stereocenters. The van der Waals surface area contributed by atoms with Gasteiger partial charge in [0.1, 0.15) is 0 Å². The van der Waals surface area contributed by atoms with Gasteiger partial charge in [-0.05, 0) is 0 Å². The van der Waals surface area contributed by atoms with Gasteiger partial charge >= 0.3 is 61.9 Å². The van der Waals surface area contributed by atoms with Gasteiger partial charge in [-0.1, -0.05) is 0 Å². The number of hydrogen-bond acceptors (Lipinski definition) is 3. The third kappa shape index (κ3) is 67.8. The first kappa shape index (κ1) is 18.8. The smallest absolute Gasteiger partial charge is 0 e. The molecule has 0 amide bonds. The molecule has 10 heteroatoms. The van der Waals surface area contributed by atoms with Crippen LogP contribution in [0.25, 0.3) is 0 Å². The molecule has 0 aromatic carbocycles. The summed E-state index contributed by atoms with van der Waals surface area (Å²) in [6.07, 6.45) is 0. The summed E-state index contributed by atoms with van der Waals surface area (Å²) in [6, 6.07) is 0. The second kappa shape index (κ2) is 12.1. The molecule has 0 rings (SSSR count). The van der Waals surface area contributed by atoms with Gasteiger partial charge in [0.2, 0.25) is 0 Å². The van der Waals surface area contributed by atoms with Crippen molar-refractivity contribution < 1.29 is 82.5 Å². The van der Waals surface area contributed by atoms with E-state index in [4.69, 9.17) is 19.2 Å². The second-order valence-corrected chi connectivity index (χ2v) is 8.79. The first-order valence-electron chi connectivity index (χ1n) is 1.28. The van der Waals surface area contributed by atoms with Crippen LogP contribution in [-0.4, -0.2) is 14.7 Å². The molecule has 0 radical (unpaired) electrons. The largest absolute Gasteiger partial charge is 0 e. The van der Waals surface area contributed by atoms with E-state index >= 15 is 0 Å². The van der Waals surface area contributed by atoms with Crippen LogP contribution < -0.4 is 0 Å². The molecule has 0 saturated heterocycles. The Hall–Kier alpha value is 3.07. The molecule has 0 aromatic heterocycles. The van der Waals surface area contributed by atoms with Gasteiger partial charge in [-0.3, -0.25) is 0 Å². The third-order valence-electron chi connectivity index (χ3n) is 0.0278. The van der Waals surface area contributed by atoms with Crippen LogP contribution >= 0.6 is 24.8 Å². The SMILES string of the molecule is O=P(O)(O)O.[Mo][S][S][Mo].[Zr]. The van der Waals surface area contributed by atoms with Crippen LogP contribution in [-0.2, 0) is 67.8 Å². The predicted octanol–water partition coefficient (Wildman–Crippen LogP) is 0.360. The van der Waals surface area contributed by atoms with Gasteiger partial charge in [-0.15, -0.1) is 0 Å². The van der Waals surface area contributed by atoms with Crippen molar-refractivity contribution in [3.63, 3.8) is 0 Å². The molecule has 0 aromatic rings. The standard InChI is InChI=1S/2Mo.H3O4P.S2.Zr/c;;1-5(2,3)4;1-2;/h;;(H3,1,2,3,4);;/q2*+1;;-2;. The van der Waals surface area contributed by atoms with Crippen LogP contribution in [0, 0.1) is 0 Å². The first-order valence-corrected chi connectivity index (χ1v) is 9.76. The summed E-state index contributed by atoms with van der Waals surface area (Å²) in [5.41, 5.74) is 0. The Morgan fingerprint density at radius 2 is 1.20 bits per heavy atom. The minimum atomic E-state index is -4.64. The molecule has 10 heavy (non-hydrogen) atoms. The Balaban J connectivity index is -0.0000000910. The van der Waals surface area contributed by atoms with E-state index in [1.807, 2.05) is 37.1 Å². The van der Waals surface area contributed by atoms with Crippen LogP contribution in [0.15, 0.2) is 0 Å². The monoisotopic (exact) mass is 448 g/mol. The Labute approximate surface area is 106 Å². The summed E-state index contributed by atoms with van der Waals surface area (Å²) >= 11 is 4.01. The number of phosphoric acid groups is 1. The quantitative estimate of drug-likeness (QED) is 0.308. The molecule has 0 fully saturated rings. The Bertz CT molecular complexity index is 85.0. The Kier molecular flexibility index (Phi) is 22.7. The van der Waals surface area contributed by atoms with E-state index in [0.717, 1.165) is 0 Å². The van der Waals surface area contributed by atoms with Crippen molar-refractivity contribution in [2.45, 2.75) is 0 Å². The van der Waals surface area contributed by atoms with E-state index in [-0.39, 0.29) is 26.2 Å². The summed E-state index contributed by atoms with van der Waals surface area (Å²) in [5.74, 6) is 0. The Morgan fingerprint density at radius 1 is 1.10 bits per heavy atom. The van der Waals surface area contributed by atoms with E-state index in [1.165, 1.54) is 0 Å². The molecular weight excluding hydrogens is 442 g/mol. The predicted molar refractivity (Wildman–Crippen MR) is 29.4 cm³/mol. The summed E-state index contributed by atoms with van der Waals surface area (Å²) in [6.45, 7) is 0. The van der Waals surface area contributed by atoms with Crippen molar-refractivity contribution in [2.24, 2.45) is 0 Å². The fourth-order valence-electron chi connectivity index (χ4n) is 0. The van der Waals surface area contributed by atoms with Crippen molar-refractivity contribution in [2.75, 3.05) is 0 Å². The zero-order valence-electron chi connectivity index (χ0n) is 4.33. The fourth-order valence-corrected chi connectivity index (χ4v) is 0. The molecule has 0 heterocycles. The van der Waals surface area contributed by atoms with E-state index in [2.05, 4.69) is 0 Å². The zero-order valence-corrected chi connectivity index (χ0v) is 13.3. The first-order chi connectivity index (χ1) is 3.91. The fraction of sp³-hybridized carbons (Fsp3) is 0. The van der Waals surface area contributed by atoms with Crippen LogP contribution in [0.5, 0.6) is 0 Å². The summed E-state index contributed by atoms with van der Waals surface area (Å²) in [7, 11) is -1.06. The molecule has 0 aliphatic heterocycles. The second-order valence-electron chi connectivity index (χ2n) is 0.649. The molecule has 0 aliphatic rings. The summed E-state index contributed by atoms with van der Waals surface area (Å²) in [4.78, 5) is 21.6. The third-order valence-corrected chi connectivity index (χ3v) is 8.75. The minimum absolute atomic E-state index is 0. The van der Waals surface area contributed by atoms with Gasteiger partial charge in [-0.25, -0.2) is 4.57 Å². The average molecular weight is 445 g/mol. The van der Waals surface area contributed by atoms with Crippen LogP contribution in [0.1, 0.15) is 0 Å². The van der Waals surface area contributed by atoms with Crippen molar-refractivity contribution in [3.05, 3.63) is 0 Å². The van der Waals surface area contributed by atoms with E-state index < -0.39 is 7.82 Å². The molecule has 0 bridgehead atoms. The van der Waals surface area contributed by atoms with Gasteiger partial charge in [0.15, 0.2) is 0 Å². The van der Waals surface area contributed by atoms with Gasteiger partial charge in [-0.2, -0.15) is 0 Å². The van der Waals surface area contributed by atoms with E-state index in [9.17, 15) is 0 Å². The van der Waals surface area contributed by atoms with Gasteiger partial charge in [0.25, 0.3) is 0 Å². The van der Waals surface area contributed by atoms with Crippen LogP contribution in [0.4, 0.5) is 0 Å². The molecular formula is H3Mo2O4PS2Zr. The minimum Gasteiger partial charge on any atom is 0 e. The maximum absolute atomic E-state index is 8.88. The number of hydrogen-bond donors (Lipinski definition) is 3. The molecule has 0 spiro atoms. The van der Waals surface area contributed by atoms with E-state index in [1.54, 1.807) is 17.0 Å². The maximum atomic E-state index is 8.88. The Morgan fingerprint density at radius 3 is 1.20 bits per heavy atom. The van der Waals surface area contributed by atoms with Crippen molar-refractivity contribution >= 4 is 24.8 Å². The zero-order chi connectivity index (χ0) is 7.91. The summed E-state index contributed by atoms with van der Waals surface area (Å²) < 4.78 is 8.88. The van der Waals surface area contributed by atoms with E-state index in [0.29, 0.717) is 0 Å². The number of rotatable bonds is 1. The van der Waals surface area contributed by atoms with Crippen molar-refractivity contribution in [1.29, 1.82) is 0 Å². The van der Waals surface area contributed by atoms with Gasteiger partial charge in [0, 0.05) is 26.2 Å². The topological polar surface area (TPSA) is 77.8 Å². The van der Waals surface area contributed by atoms with Crippen LogP contribution in [0.3, 0.4) is 0 Å². The van der Waals surface area contributed by atoms with Crippen molar-refractivity contribution in [1.82, 2.24) is 0 Å². The van der Waals surface area contributed by atoms with Gasteiger partial charge in [0.05, 0.1) is 0 Å². The molecule has 60 valence electrons. The molecule has 0 saturated carbocycles. The van der Waals surface area contributed by atoms with Gasteiger partial charge < -0.3 is 14.7 Å². The normalized spacial score (nSPS) is 8.70. The molecule has 0 unspecified atom stereocenters. The average Bonchev–Trinajstić information content (AvgIpc) is 1.61. The van der Waals surface area contributed by atoms with Crippen molar-refractivity contribution in [3.8, 4) is 0 Å². The molecule has 0 aliphatic carbocycles. The van der Waals surface area contributed by atoms with Crippen LogP contribution in [0.2, 0.25) is 0 Å². The summed E-state index contributed by atoms with van der Waals surface area (Å²) in [5, 5.41) is 0.